The van der Waals surface area contributed by atoms with Gasteiger partial charge >= 0.3 is 5.97 Å². The smallest absolute Gasteiger partial charge is 0.325 e. The van der Waals surface area contributed by atoms with Gasteiger partial charge in [0, 0.05) is 6.54 Å². The monoisotopic (exact) mass is 279 g/mol. The zero-order valence-electron chi connectivity index (χ0n) is 12.2. The van der Waals surface area contributed by atoms with Crippen molar-refractivity contribution in [1.82, 2.24) is 4.90 Å². The Bertz CT molecular complexity index is 459. The number of hydrogen-bond acceptors (Lipinski definition) is 4. The summed E-state index contributed by atoms with van der Waals surface area (Å²) in [6, 6.07) is 7.47. The molecule has 0 N–H and O–H groups in total. The number of amides is 1. The number of esters is 1. The molecular weight excluding hydrogens is 258 g/mol. The second-order valence-corrected chi connectivity index (χ2v) is 4.32. The summed E-state index contributed by atoms with van der Waals surface area (Å²) in [5.74, 6) is 0.00542. The van der Waals surface area contributed by atoms with Gasteiger partial charge in [0.05, 0.1) is 6.61 Å². The van der Waals surface area contributed by atoms with Crippen LogP contribution in [-0.4, -0.2) is 43.1 Å². The lowest BCUT2D eigenvalue weighted by atomic mass is 10.2. The predicted octanol–water partition coefficient (Wildman–Crippen LogP) is 1.79. The number of likely N-dealkylation sites (N-methyl/N-ethyl adjacent to an activating group) is 1. The molecule has 1 rings (SSSR count). The lowest BCUT2D eigenvalue weighted by molar-refractivity contribution is -0.149. The van der Waals surface area contributed by atoms with Gasteiger partial charge in [0.2, 0.25) is 0 Å². The van der Waals surface area contributed by atoms with Crippen molar-refractivity contribution >= 4 is 11.9 Å². The van der Waals surface area contributed by atoms with Gasteiger partial charge in [-0.25, -0.2) is 0 Å². The number of ether oxygens (including phenoxy) is 2. The van der Waals surface area contributed by atoms with Crippen LogP contribution in [0.5, 0.6) is 5.75 Å². The Morgan fingerprint density at radius 2 is 2.00 bits per heavy atom. The highest BCUT2D eigenvalue weighted by Gasteiger charge is 2.16. The fraction of sp³-hybridized carbons (Fsp3) is 0.467. The topological polar surface area (TPSA) is 55.8 Å². The molecule has 0 heterocycles. The van der Waals surface area contributed by atoms with Crippen LogP contribution in [0.15, 0.2) is 24.3 Å². The maximum absolute atomic E-state index is 12.0. The molecule has 110 valence electrons. The molecule has 20 heavy (non-hydrogen) atoms. The molecule has 0 unspecified atom stereocenters. The molecule has 0 atom stereocenters. The maximum atomic E-state index is 12.0. The highest BCUT2D eigenvalue weighted by Crippen LogP contribution is 2.12. The summed E-state index contributed by atoms with van der Waals surface area (Å²) in [6.45, 7) is 6.12. The first kappa shape index (κ1) is 16.0. The van der Waals surface area contributed by atoms with Crippen molar-refractivity contribution in [3.05, 3.63) is 29.8 Å². The number of carbonyl (C=O) groups excluding carboxylic acids is 2. The molecule has 0 spiro atoms. The minimum Gasteiger partial charge on any atom is -0.484 e. The molecule has 1 aromatic rings. The molecule has 0 aliphatic rings. The lowest BCUT2D eigenvalue weighted by Crippen LogP contribution is -2.39. The van der Waals surface area contributed by atoms with Crippen LogP contribution in [-0.2, 0) is 14.3 Å². The van der Waals surface area contributed by atoms with Crippen LogP contribution in [0.3, 0.4) is 0 Å². The fourth-order valence-electron chi connectivity index (χ4n) is 1.68. The van der Waals surface area contributed by atoms with E-state index in [2.05, 4.69) is 0 Å². The number of benzene rings is 1. The van der Waals surface area contributed by atoms with Crippen LogP contribution in [0.25, 0.3) is 0 Å². The van der Waals surface area contributed by atoms with Gasteiger partial charge in [-0.1, -0.05) is 12.1 Å². The van der Waals surface area contributed by atoms with E-state index in [4.69, 9.17) is 9.47 Å². The fourth-order valence-corrected chi connectivity index (χ4v) is 1.68. The summed E-state index contributed by atoms with van der Waals surface area (Å²) < 4.78 is 10.3. The minimum atomic E-state index is -0.404. The molecule has 0 fully saturated rings. The predicted molar refractivity (Wildman–Crippen MR) is 75.6 cm³/mol. The molecular formula is C15H21NO4. The van der Waals surface area contributed by atoms with Crippen LogP contribution in [0, 0.1) is 6.92 Å². The summed E-state index contributed by atoms with van der Waals surface area (Å²) in [5.41, 5.74) is 1.06. The van der Waals surface area contributed by atoms with Crippen molar-refractivity contribution in [3.63, 3.8) is 0 Å². The Labute approximate surface area is 119 Å². The lowest BCUT2D eigenvalue weighted by Gasteiger charge is -2.19. The molecule has 0 radical (unpaired) electrons. The quantitative estimate of drug-likeness (QED) is 0.714. The van der Waals surface area contributed by atoms with Gasteiger partial charge < -0.3 is 14.4 Å². The van der Waals surface area contributed by atoms with E-state index in [1.54, 1.807) is 13.0 Å². The second kappa shape index (κ2) is 8.19. The zero-order chi connectivity index (χ0) is 15.0. The first-order chi connectivity index (χ1) is 9.56. The summed E-state index contributed by atoms with van der Waals surface area (Å²) in [5, 5.41) is 0. The third kappa shape index (κ3) is 5.30. The third-order valence-electron chi connectivity index (χ3n) is 2.71. The third-order valence-corrected chi connectivity index (χ3v) is 2.71. The first-order valence-electron chi connectivity index (χ1n) is 6.69. The summed E-state index contributed by atoms with van der Waals surface area (Å²) in [4.78, 5) is 24.8. The molecule has 0 aliphatic carbocycles. The van der Waals surface area contributed by atoms with Crippen molar-refractivity contribution < 1.29 is 19.1 Å². The van der Waals surface area contributed by atoms with Crippen molar-refractivity contribution in [2.24, 2.45) is 0 Å². The summed E-state index contributed by atoms with van der Waals surface area (Å²) in [6.07, 6.45) is 0. The molecule has 5 nitrogen and oxygen atoms in total. The highest BCUT2D eigenvalue weighted by molar-refractivity contribution is 5.83. The van der Waals surface area contributed by atoms with Crippen molar-refractivity contribution in [2.45, 2.75) is 20.8 Å². The van der Waals surface area contributed by atoms with E-state index in [1.807, 2.05) is 32.0 Å². The van der Waals surface area contributed by atoms with Crippen molar-refractivity contribution in [2.75, 3.05) is 26.3 Å². The van der Waals surface area contributed by atoms with E-state index < -0.39 is 5.97 Å². The van der Waals surface area contributed by atoms with Crippen molar-refractivity contribution in [3.8, 4) is 5.75 Å². The Morgan fingerprint density at radius 1 is 1.25 bits per heavy atom. The van der Waals surface area contributed by atoms with Gasteiger partial charge in [0.15, 0.2) is 6.61 Å². The number of hydrogen-bond donors (Lipinski definition) is 0. The van der Waals surface area contributed by atoms with E-state index in [9.17, 15) is 9.59 Å². The number of rotatable bonds is 7. The average molecular weight is 279 g/mol. The molecule has 1 amide bonds. The number of aryl methyl sites for hydroxylation is 1. The first-order valence-corrected chi connectivity index (χ1v) is 6.69. The Kier molecular flexibility index (Phi) is 6.56. The molecule has 0 aliphatic heterocycles. The second-order valence-electron chi connectivity index (χ2n) is 4.32. The van der Waals surface area contributed by atoms with Crippen LogP contribution >= 0.6 is 0 Å². The Hall–Kier alpha value is -2.04. The Morgan fingerprint density at radius 3 is 2.60 bits per heavy atom. The van der Waals surface area contributed by atoms with Crippen LogP contribution < -0.4 is 4.74 Å². The van der Waals surface area contributed by atoms with E-state index in [0.29, 0.717) is 18.9 Å². The van der Waals surface area contributed by atoms with Gasteiger partial charge in [-0.05, 0) is 38.5 Å². The molecule has 0 saturated heterocycles. The van der Waals surface area contributed by atoms with Gasteiger partial charge in [0.25, 0.3) is 5.91 Å². The van der Waals surface area contributed by atoms with Gasteiger partial charge in [-0.15, -0.1) is 0 Å². The number of nitrogens with zero attached hydrogens (tertiary/aromatic N) is 1. The van der Waals surface area contributed by atoms with Crippen LogP contribution in [0.2, 0.25) is 0 Å². The normalized spacial score (nSPS) is 9.95. The zero-order valence-corrected chi connectivity index (χ0v) is 12.2. The molecule has 5 heteroatoms. The van der Waals surface area contributed by atoms with Gasteiger partial charge in [0.1, 0.15) is 12.3 Å². The summed E-state index contributed by atoms with van der Waals surface area (Å²) in [7, 11) is 0. The van der Waals surface area contributed by atoms with Crippen LogP contribution in [0.1, 0.15) is 19.4 Å². The molecule has 0 saturated carbocycles. The van der Waals surface area contributed by atoms with Gasteiger partial charge in [-0.2, -0.15) is 0 Å². The number of carbonyl (C=O) groups is 2. The van der Waals surface area contributed by atoms with E-state index in [0.717, 1.165) is 5.56 Å². The average Bonchev–Trinajstić information content (AvgIpc) is 2.42. The van der Waals surface area contributed by atoms with E-state index in [1.165, 1.54) is 4.90 Å². The largest absolute Gasteiger partial charge is 0.484 e. The SMILES string of the molecule is CCOC(=O)CN(CC)C(=O)COc1cccc(C)c1. The standard InChI is InChI=1S/C15H21NO4/c1-4-16(10-15(18)19-5-2)14(17)11-20-13-8-6-7-12(3)9-13/h6-9H,4-5,10-11H2,1-3H3. The summed E-state index contributed by atoms with van der Waals surface area (Å²) >= 11 is 0. The van der Waals surface area contributed by atoms with Gasteiger partial charge in [-0.3, -0.25) is 9.59 Å². The molecule has 0 aromatic heterocycles. The Balaban J connectivity index is 2.49. The van der Waals surface area contributed by atoms with Crippen LogP contribution in [0.4, 0.5) is 0 Å². The van der Waals surface area contributed by atoms with E-state index in [-0.39, 0.29) is 19.1 Å². The molecule has 0 bridgehead atoms. The van der Waals surface area contributed by atoms with Crippen molar-refractivity contribution in [1.29, 1.82) is 0 Å². The maximum Gasteiger partial charge on any atom is 0.325 e. The van der Waals surface area contributed by atoms with E-state index >= 15 is 0 Å². The minimum absolute atomic E-state index is 0.0413. The highest BCUT2D eigenvalue weighted by atomic mass is 16.5. The molecule has 1 aromatic carbocycles.